The zero-order valence-electron chi connectivity index (χ0n) is 18.4. The molecule has 3 rings (SSSR count). The number of esters is 1. The fourth-order valence-corrected chi connectivity index (χ4v) is 4.01. The molecule has 6 heteroatoms. The van der Waals surface area contributed by atoms with Crippen LogP contribution < -0.4 is 0 Å². The van der Waals surface area contributed by atoms with E-state index < -0.39 is 5.60 Å². The SMILES string of the molecule is COC(=O)C[C@@H](CC1CCN(C(=O)OC(C)(C)C)CC1)c1cnc2ccccc2c1. The van der Waals surface area contributed by atoms with Crippen LogP contribution in [0.3, 0.4) is 0 Å². The fourth-order valence-electron chi connectivity index (χ4n) is 4.01. The number of carbonyl (C=O) groups is 2. The maximum Gasteiger partial charge on any atom is 0.410 e. The Morgan fingerprint density at radius 2 is 1.90 bits per heavy atom. The predicted octanol–water partition coefficient (Wildman–Crippen LogP) is 4.92. The smallest absolute Gasteiger partial charge is 0.410 e. The Labute approximate surface area is 178 Å². The molecule has 1 saturated heterocycles. The van der Waals surface area contributed by atoms with E-state index in [0.29, 0.717) is 25.4 Å². The third-order valence-electron chi connectivity index (χ3n) is 5.61. The Bertz CT molecular complexity index is 882. The van der Waals surface area contributed by atoms with Gasteiger partial charge in [-0.1, -0.05) is 18.2 Å². The Balaban J connectivity index is 1.67. The molecule has 2 heterocycles. The van der Waals surface area contributed by atoms with Gasteiger partial charge in [0.05, 0.1) is 19.0 Å². The van der Waals surface area contributed by atoms with Gasteiger partial charge in [-0.05, 0) is 69.6 Å². The monoisotopic (exact) mass is 412 g/mol. The molecule has 162 valence electrons. The van der Waals surface area contributed by atoms with E-state index in [1.165, 1.54) is 7.11 Å². The summed E-state index contributed by atoms with van der Waals surface area (Å²) >= 11 is 0. The Morgan fingerprint density at radius 3 is 2.57 bits per heavy atom. The first-order chi connectivity index (χ1) is 14.2. The van der Waals surface area contributed by atoms with Crippen LogP contribution in [-0.2, 0) is 14.3 Å². The van der Waals surface area contributed by atoms with Gasteiger partial charge in [-0.3, -0.25) is 9.78 Å². The molecule has 0 aliphatic carbocycles. The molecule has 1 aromatic heterocycles. The lowest BCUT2D eigenvalue weighted by atomic mass is 9.82. The third-order valence-corrected chi connectivity index (χ3v) is 5.61. The molecular weight excluding hydrogens is 380 g/mol. The molecule has 0 N–H and O–H groups in total. The molecule has 30 heavy (non-hydrogen) atoms. The van der Waals surface area contributed by atoms with Gasteiger partial charge >= 0.3 is 12.1 Å². The molecule has 1 aliphatic heterocycles. The van der Waals surface area contributed by atoms with E-state index in [4.69, 9.17) is 9.47 Å². The number of pyridine rings is 1. The summed E-state index contributed by atoms with van der Waals surface area (Å²) in [5.74, 6) is 0.275. The van der Waals surface area contributed by atoms with Gasteiger partial charge in [0.15, 0.2) is 0 Å². The van der Waals surface area contributed by atoms with Gasteiger partial charge in [-0.15, -0.1) is 0 Å². The Hall–Kier alpha value is -2.63. The molecule has 0 bridgehead atoms. The van der Waals surface area contributed by atoms with Crippen molar-refractivity contribution in [3.05, 3.63) is 42.1 Å². The molecule has 1 aliphatic rings. The number of hydrogen-bond donors (Lipinski definition) is 0. The van der Waals surface area contributed by atoms with Crippen molar-refractivity contribution in [2.45, 2.75) is 58.0 Å². The van der Waals surface area contributed by atoms with E-state index in [9.17, 15) is 9.59 Å². The molecule has 0 saturated carbocycles. The number of benzene rings is 1. The van der Waals surface area contributed by atoms with Crippen LogP contribution in [0, 0.1) is 5.92 Å². The molecule has 0 spiro atoms. The molecule has 0 unspecified atom stereocenters. The second-order valence-corrected chi connectivity index (χ2v) is 9.09. The molecule has 0 radical (unpaired) electrons. The highest BCUT2D eigenvalue weighted by Crippen LogP contribution is 2.33. The Kier molecular flexibility index (Phi) is 6.95. The highest BCUT2D eigenvalue weighted by Gasteiger charge is 2.29. The van der Waals surface area contributed by atoms with Crippen LogP contribution in [0.5, 0.6) is 0 Å². The summed E-state index contributed by atoms with van der Waals surface area (Å²) in [7, 11) is 1.43. The average molecular weight is 413 g/mol. The van der Waals surface area contributed by atoms with Gasteiger partial charge in [0, 0.05) is 24.7 Å². The molecule has 2 aromatic rings. The zero-order valence-corrected chi connectivity index (χ0v) is 18.4. The number of carbonyl (C=O) groups excluding carboxylic acids is 2. The second kappa shape index (κ2) is 9.45. The van der Waals surface area contributed by atoms with Crippen LogP contribution in [0.4, 0.5) is 4.79 Å². The molecule has 6 nitrogen and oxygen atoms in total. The van der Waals surface area contributed by atoms with Gasteiger partial charge in [-0.2, -0.15) is 0 Å². The van der Waals surface area contributed by atoms with Crippen LogP contribution in [-0.4, -0.2) is 47.7 Å². The summed E-state index contributed by atoms with van der Waals surface area (Å²) in [4.78, 5) is 30.7. The second-order valence-electron chi connectivity index (χ2n) is 9.09. The summed E-state index contributed by atoms with van der Waals surface area (Å²) < 4.78 is 10.4. The zero-order chi connectivity index (χ0) is 21.7. The fraction of sp³-hybridized carbons (Fsp3) is 0.542. The number of rotatable bonds is 5. The topological polar surface area (TPSA) is 68.7 Å². The minimum Gasteiger partial charge on any atom is -0.469 e. The van der Waals surface area contributed by atoms with Gasteiger partial charge in [-0.25, -0.2) is 4.79 Å². The molecule has 1 amide bonds. The number of fused-ring (bicyclic) bond motifs is 1. The largest absolute Gasteiger partial charge is 0.469 e. The van der Waals surface area contributed by atoms with Crippen LogP contribution in [0.2, 0.25) is 0 Å². The first kappa shape index (κ1) is 22.1. The lowest BCUT2D eigenvalue weighted by Gasteiger charge is -2.34. The van der Waals surface area contributed by atoms with E-state index in [2.05, 4.69) is 11.1 Å². The number of ether oxygens (including phenoxy) is 2. The Morgan fingerprint density at radius 1 is 1.20 bits per heavy atom. The highest BCUT2D eigenvalue weighted by atomic mass is 16.6. The molecule has 1 aromatic carbocycles. The number of nitrogens with zero attached hydrogens (tertiary/aromatic N) is 2. The third kappa shape index (κ3) is 5.94. The number of likely N-dealkylation sites (tertiary alicyclic amines) is 1. The normalized spacial score (nSPS) is 16.3. The standard InChI is InChI=1S/C24H32N2O4/c1-24(2,3)30-23(28)26-11-9-17(10-12-26)13-19(15-22(27)29-4)20-14-18-7-5-6-8-21(18)25-16-20/h5-8,14,16-17,19H,9-13,15H2,1-4H3/t19-/m1/s1. The lowest BCUT2D eigenvalue weighted by Crippen LogP contribution is -2.41. The summed E-state index contributed by atoms with van der Waals surface area (Å²) in [6.07, 6.45) is 4.65. The summed E-state index contributed by atoms with van der Waals surface area (Å²) in [6, 6.07) is 10.1. The number of aromatic nitrogens is 1. The minimum atomic E-state index is -0.484. The van der Waals surface area contributed by atoms with E-state index in [1.807, 2.05) is 51.2 Å². The van der Waals surface area contributed by atoms with E-state index in [1.54, 1.807) is 4.90 Å². The molecule has 1 fully saturated rings. The van der Waals surface area contributed by atoms with E-state index in [0.717, 1.165) is 35.7 Å². The summed E-state index contributed by atoms with van der Waals surface area (Å²) in [5, 5.41) is 1.07. The van der Waals surface area contributed by atoms with Crippen molar-refractivity contribution in [3.8, 4) is 0 Å². The van der Waals surface area contributed by atoms with Crippen molar-refractivity contribution in [1.82, 2.24) is 9.88 Å². The van der Waals surface area contributed by atoms with E-state index in [-0.39, 0.29) is 18.0 Å². The van der Waals surface area contributed by atoms with Crippen LogP contribution in [0.25, 0.3) is 10.9 Å². The predicted molar refractivity (Wildman–Crippen MR) is 116 cm³/mol. The van der Waals surface area contributed by atoms with Gasteiger partial charge in [0.2, 0.25) is 0 Å². The van der Waals surface area contributed by atoms with Crippen molar-refractivity contribution < 1.29 is 19.1 Å². The number of methoxy groups -OCH3 is 1. The lowest BCUT2D eigenvalue weighted by molar-refractivity contribution is -0.141. The number of para-hydroxylation sites is 1. The van der Waals surface area contributed by atoms with Gasteiger partial charge < -0.3 is 14.4 Å². The van der Waals surface area contributed by atoms with Crippen molar-refractivity contribution in [1.29, 1.82) is 0 Å². The van der Waals surface area contributed by atoms with E-state index >= 15 is 0 Å². The van der Waals surface area contributed by atoms with Crippen molar-refractivity contribution in [2.75, 3.05) is 20.2 Å². The van der Waals surface area contributed by atoms with Crippen molar-refractivity contribution in [2.24, 2.45) is 5.92 Å². The minimum absolute atomic E-state index is 0.0487. The van der Waals surface area contributed by atoms with Crippen molar-refractivity contribution >= 4 is 23.0 Å². The number of piperidine rings is 1. The molecule has 1 atom stereocenters. The first-order valence-electron chi connectivity index (χ1n) is 10.6. The van der Waals surface area contributed by atoms with Gasteiger partial charge in [0.1, 0.15) is 5.60 Å². The first-order valence-corrected chi connectivity index (χ1v) is 10.6. The van der Waals surface area contributed by atoms with Crippen molar-refractivity contribution in [3.63, 3.8) is 0 Å². The summed E-state index contributed by atoms with van der Waals surface area (Å²) in [5.41, 5.74) is 1.53. The average Bonchev–Trinajstić information content (AvgIpc) is 2.72. The quantitative estimate of drug-likeness (QED) is 0.652. The maximum atomic E-state index is 12.3. The van der Waals surface area contributed by atoms with Crippen LogP contribution >= 0.6 is 0 Å². The highest BCUT2D eigenvalue weighted by molar-refractivity contribution is 5.79. The molecular formula is C24H32N2O4. The maximum absolute atomic E-state index is 12.3. The number of amides is 1. The van der Waals surface area contributed by atoms with Crippen LogP contribution in [0.1, 0.15) is 57.9 Å². The van der Waals surface area contributed by atoms with Gasteiger partial charge in [0.25, 0.3) is 0 Å². The summed E-state index contributed by atoms with van der Waals surface area (Å²) in [6.45, 7) is 7.01. The number of hydrogen-bond acceptors (Lipinski definition) is 5. The van der Waals surface area contributed by atoms with Crippen LogP contribution in [0.15, 0.2) is 36.5 Å².